The Morgan fingerprint density at radius 3 is 2.12 bits per heavy atom. The van der Waals surface area contributed by atoms with Crippen LogP contribution < -0.4 is 10.6 Å². The van der Waals surface area contributed by atoms with Crippen molar-refractivity contribution in [3.05, 3.63) is 107 Å². The molecule has 17 nitrogen and oxygen atoms in total. The molecule has 1 amide bonds. The Hall–Kier alpha value is -4.15. The maximum Gasteiger partial charge on any atom is 0.313 e. The second kappa shape index (κ2) is 17.4. The third-order valence-electron chi connectivity index (χ3n) is 7.81. The van der Waals surface area contributed by atoms with Crippen molar-refractivity contribution in [3.8, 4) is 5.75 Å². The molecule has 25 heteroatoms. The molecule has 5 aromatic carbocycles. The van der Waals surface area contributed by atoms with Crippen LogP contribution in [-0.2, 0) is 36.9 Å². The van der Waals surface area contributed by atoms with Gasteiger partial charge in [0.1, 0.15) is 26.2 Å². The van der Waals surface area contributed by atoms with Gasteiger partial charge in [0.05, 0.1) is 10.6 Å². The van der Waals surface area contributed by atoms with Crippen LogP contribution in [0.1, 0.15) is 15.9 Å². The summed E-state index contributed by atoms with van der Waals surface area (Å²) >= 11 is 5.82. The number of hydrogen-bond acceptors (Lipinski definition) is 13. The van der Waals surface area contributed by atoms with Gasteiger partial charge < -0.3 is 15.7 Å². The number of halogens is 3. The van der Waals surface area contributed by atoms with Gasteiger partial charge in [-0.2, -0.15) is 44.0 Å². The van der Waals surface area contributed by atoms with Gasteiger partial charge in [-0.25, -0.2) is 0 Å². The van der Waals surface area contributed by atoms with E-state index in [1.54, 1.807) is 6.07 Å². The molecule has 0 fully saturated rings. The minimum atomic E-state index is -5.35. The van der Waals surface area contributed by atoms with E-state index in [1.165, 1.54) is 48.5 Å². The zero-order valence-electron chi connectivity index (χ0n) is 29.0. The molecule has 0 aliphatic rings. The monoisotopic (exact) mass is 864 g/mol. The number of hydrogen-bond donors (Lipinski definition) is 6. The van der Waals surface area contributed by atoms with Gasteiger partial charge in [0, 0.05) is 71.3 Å². The molecule has 57 heavy (non-hydrogen) atoms. The molecule has 0 unspecified atom stereocenters. The van der Waals surface area contributed by atoms with Crippen molar-refractivity contribution in [3.63, 3.8) is 0 Å². The van der Waals surface area contributed by atoms with E-state index in [4.69, 9.17) is 11.6 Å². The van der Waals surface area contributed by atoms with Gasteiger partial charge in [-0.15, -0.1) is 10.2 Å². The van der Waals surface area contributed by atoms with Crippen molar-refractivity contribution < 1.29 is 57.6 Å². The second-order valence-electron chi connectivity index (χ2n) is 11.3. The van der Waals surface area contributed by atoms with E-state index in [1.807, 2.05) is 0 Å². The van der Waals surface area contributed by atoms with Crippen molar-refractivity contribution in [2.24, 2.45) is 10.2 Å². The zero-order chi connectivity index (χ0) is 40.0. The van der Waals surface area contributed by atoms with E-state index in [9.17, 15) is 57.6 Å². The molecule has 286 valence electrons. The van der Waals surface area contributed by atoms with Gasteiger partial charge in [0.15, 0.2) is 11.6 Å². The predicted molar refractivity (Wildman–Crippen MR) is 203 cm³/mol. The van der Waals surface area contributed by atoms with E-state index in [0.717, 1.165) is 18.2 Å². The van der Waals surface area contributed by atoms with Crippen molar-refractivity contribution in [1.82, 2.24) is 9.97 Å². The van der Waals surface area contributed by atoms with Crippen LogP contribution in [0.4, 0.5) is 31.7 Å². The van der Waals surface area contributed by atoms with Crippen LogP contribution >= 0.6 is 11.6 Å². The average Bonchev–Trinajstić information content (AvgIpc) is 3.10. The number of aromatic nitrogens is 2. The number of amides is 1. The first-order valence-electron chi connectivity index (χ1n) is 15.0. The van der Waals surface area contributed by atoms with Gasteiger partial charge in [0.2, 0.25) is 5.95 Å². The van der Waals surface area contributed by atoms with Crippen LogP contribution in [0, 0.1) is 12.0 Å². The summed E-state index contributed by atoms with van der Waals surface area (Å²) in [6.07, 6.45) is -1.42. The van der Waals surface area contributed by atoms with Crippen LogP contribution in [0.2, 0.25) is 5.02 Å². The van der Waals surface area contributed by atoms with Crippen molar-refractivity contribution in [2.45, 2.75) is 21.2 Å². The molecule has 6 aromatic rings. The summed E-state index contributed by atoms with van der Waals surface area (Å²) < 4.78 is 132. The maximum atomic E-state index is 13.8. The number of azo groups is 1. The Morgan fingerprint density at radius 1 is 0.807 bits per heavy atom. The van der Waals surface area contributed by atoms with Crippen LogP contribution in [0.25, 0.3) is 21.5 Å². The first-order chi connectivity index (χ1) is 25.7. The number of aromatic hydroxyl groups is 1. The number of carbonyl (C=O) groups excluding carboxylic acids is 1. The van der Waals surface area contributed by atoms with E-state index < -0.39 is 107 Å². The summed E-state index contributed by atoms with van der Waals surface area (Å²) in [4.78, 5) is 16.4. The summed E-state index contributed by atoms with van der Waals surface area (Å²) in [7, 11) is -15.5. The smallest absolute Gasteiger partial charge is 0.313 e. The van der Waals surface area contributed by atoms with E-state index in [0.29, 0.717) is 6.07 Å². The standard InChI is InChI=1S/C32H21ClF2N6O11S3.Li.Na/c33-25-29(34)38-32(35)39-30(25)36-14-16-7-4-8-20-19(16)9-10-21(28(20)55(50,51)52)40-41-26-23(54(47,48)49)12-17-11-18(53(44,45)46)13-22(24(17)27(26)42)37-31(43)15-5-2-1-3-6-15;;/h1-13,42H,14H2,(H,37,43)(H,36,38,39)(H,44,45,46)(H,47,48,49)(H,50,51,52);;. The Kier molecular flexibility index (Phi) is 13.9. The van der Waals surface area contributed by atoms with Gasteiger partial charge >= 0.3 is 6.08 Å². The number of benzene rings is 5. The fourth-order valence-corrected chi connectivity index (χ4v) is 7.65. The third kappa shape index (κ3) is 9.77. The van der Waals surface area contributed by atoms with Crippen molar-refractivity contribution in [2.75, 3.05) is 10.6 Å². The van der Waals surface area contributed by atoms with E-state index in [2.05, 4.69) is 30.8 Å². The quantitative estimate of drug-likeness (QED) is 0.0318. The van der Waals surface area contributed by atoms with Gasteiger partial charge in [-0.3, -0.25) is 18.5 Å². The molecule has 0 aliphatic heterocycles. The molecular formula is C32H21ClF2LiN6NaO11S3. The van der Waals surface area contributed by atoms with Crippen molar-refractivity contribution >= 4 is 141 Å². The number of fused-ring (bicyclic) bond motifs is 2. The molecule has 1 aromatic heterocycles. The first-order valence-corrected chi connectivity index (χ1v) is 19.6. The normalized spacial score (nSPS) is 12.0. The SMILES string of the molecule is O=C(Nc1cc(S(=O)(=O)O)cc2cc(S(=O)(=O)O)c(N=Nc3ccc4c(CNc5nc(F)nc(F)c5Cl)cccc4c3S(=O)(=O)O)c(O)c12)c1ccccc1.[Li].[Na]. The second-order valence-corrected chi connectivity index (χ2v) is 15.9. The Balaban J connectivity index is 0.00000360. The number of carbonyl (C=O) groups is 1. The summed E-state index contributed by atoms with van der Waals surface area (Å²) in [5, 5.41) is 22.4. The zero-order valence-corrected chi connectivity index (χ0v) is 34.2. The fraction of sp³-hybridized carbons (Fsp3) is 0.0312. The summed E-state index contributed by atoms with van der Waals surface area (Å²) in [6.45, 7) is -0.246. The number of anilines is 2. The molecular weight excluding hydrogens is 844 g/mol. The minimum Gasteiger partial charge on any atom is -0.505 e. The number of nitrogens with zero attached hydrogens (tertiary/aromatic N) is 4. The molecule has 0 atom stereocenters. The number of phenolic OH excluding ortho intramolecular Hbond substituents is 1. The maximum absolute atomic E-state index is 13.8. The average molecular weight is 865 g/mol. The molecule has 0 saturated carbocycles. The van der Waals surface area contributed by atoms with E-state index in [-0.39, 0.29) is 76.9 Å². The summed E-state index contributed by atoms with van der Waals surface area (Å²) in [6, 6.07) is 16.0. The molecule has 6 rings (SSSR count). The third-order valence-corrected chi connectivity index (χ3v) is 10.8. The molecule has 0 spiro atoms. The number of nitrogens with one attached hydrogen (secondary N) is 2. The summed E-state index contributed by atoms with van der Waals surface area (Å²) in [5.74, 6) is -3.72. The molecule has 0 saturated heterocycles. The molecule has 1 heterocycles. The van der Waals surface area contributed by atoms with Crippen molar-refractivity contribution in [1.29, 1.82) is 0 Å². The topological polar surface area (TPSA) is 275 Å². The molecule has 0 bridgehead atoms. The number of phenols is 1. The first kappa shape index (κ1) is 45.5. The summed E-state index contributed by atoms with van der Waals surface area (Å²) in [5.41, 5.74) is -1.77. The van der Waals surface area contributed by atoms with Crippen LogP contribution in [-0.4, -0.2) is 108 Å². The Bertz CT molecular complexity index is 2970. The van der Waals surface area contributed by atoms with Gasteiger partial charge in [0.25, 0.3) is 36.3 Å². The Morgan fingerprint density at radius 2 is 1.49 bits per heavy atom. The fourth-order valence-electron chi connectivity index (χ4n) is 5.47. The largest absolute Gasteiger partial charge is 0.505 e. The van der Waals surface area contributed by atoms with Gasteiger partial charge in [-0.1, -0.05) is 54.1 Å². The molecule has 2 radical (unpaired) electrons. The minimum absolute atomic E-state index is 0. The Labute approximate surface area is 360 Å². The van der Waals surface area contributed by atoms with Gasteiger partial charge in [-0.05, 0) is 52.7 Å². The predicted octanol–water partition coefficient (Wildman–Crippen LogP) is 5.68. The van der Waals surface area contributed by atoms with Crippen LogP contribution in [0.3, 0.4) is 0 Å². The molecule has 6 N–H and O–H groups in total. The molecule has 0 aliphatic carbocycles. The van der Waals surface area contributed by atoms with Crippen LogP contribution in [0.15, 0.2) is 104 Å². The number of rotatable bonds is 10. The van der Waals surface area contributed by atoms with E-state index >= 15 is 0 Å². The van der Waals surface area contributed by atoms with Crippen LogP contribution in [0.5, 0.6) is 5.75 Å².